The number of furan rings is 1. The molecule has 0 aliphatic rings. The molecule has 0 aliphatic heterocycles. The van der Waals surface area contributed by atoms with Crippen LogP contribution in [0.15, 0.2) is 32.0 Å². The third-order valence-corrected chi connectivity index (χ3v) is 3.24. The van der Waals surface area contributed by atoms with Crippen LogP contribution in [-0.2, 0) is 0 Å². The predicted octanol–water partition coefficient (Wildman–Crippen LogP) is 3.46. The van der Waals surface area contributed by atoms with E-state index in [1.807, 2.05) is 19.9 Å². The quantitative estimate of drug-likeness (QED) is 0.591. The summed E-state index contributed by atoms with van der Waals surface area (Å²) in [6.07, 6.45) is 1.68. The van der Waals surface area contributed by atoms with E-state index in [1.165, 1.54) is 0 Å². The number of fused-ring (bicyclic) bond motifs is 3. The highest BCUT2D eigenvalue weighted by molar-refractivity contribution is 6.03. The molecule has 1 aromatic carbocycles. The molecule has 0 fully saturated rings. The monoisotopic (exact) mass is 228 g/mol. The molecule has 0 amide bonds. The Bertz CT molecular complexity index is 790. The Morgan fingerprint density at radius 2 is 1.88 bits per heavy atom. The first kappa shape index (κ1) is 10.1. The summed E-state index contributed by atoms with van der Waals surface area (Å²) in [6, 6.07) is 3.58. The van der Waals surface area contributed by atoms with Crippen LogP contribution in [0.5, 0.6) is 0 Å². The number of hydrogen-bond acceptors (Lipinski definition) is 3. The molecular formula is C14H12O3. The normalized spacial score (nSPS) is 11.5. The summed E-state index contributed by atoms with van der Waals surface area (Å²) in [5.41, 5.74) is 3.06. The summed E-state index contributed by atoms with van der Waals surface area (Å²) in [7, 11) is 0. The smallest absolute Gasteiger partial charge is 0.195 e. The maximum absolute atomic E-state index is 12.1. The SMILES string of the molecule is Cc1oc2c(ccc3occ(C)c32)c(=O)c1C. The number of hydrogen-bond donors (Lipinski definition) is 0. The van der Waals surface area contributed by atoms with E-state index in [0.717, 1.165) is 16.5 Å². The van der Waals surface area contributed by atoms with Crippen molar-refractivity contribution in [2.75, 3.05) is 0 Å². The van der Waals surface area contributed by atoms with Crippen molar-refractivity contribution in [2.24, 2.45) is 0 Å². The van der Waals surface area contributed by atoms with Crippen molar-refractivity contribution in [1.82, 2.24) is 0 Å². The molecule has 3 rings (SSSR count). The van der Waals surface area contributed by atoms with Gasteiger partial charge in [0.15, 0.2) is 5.43 Å². The summed E-state index contributed by atoms with van der Waals surface area (Å²) in [6.45, 7) is 5.54. The molecule has 0 unspecified atom stereocenters. The summed E-state index contributed by atoms with van der Waals surface area (Å²) in [5.74, 6) is 0.663. The van der Waals surface area contributed by atoms with Gasteiger partial charge in [-0.25, -0.2) is 0 Å². The second-order valence-corrected chi connectivity index (χ2v) is 4.35. The topological polar surface area (TPSA) is 43.4 Å². The van der Waals surface area contributed by atoms with Crippen molar-refractivity contribution in [1.29, 1.82) is 0 Å². The third kappa shape index (κ3) is 1.25. The lowest BCUT2D eigenvalue weighted by Gasteiger charge is -2.03. The minimum absolute atomic E-state index is 0.0336. The number of benzene rings is 1. The maximum Gasteiger partial charge on any atom is 0.195 e. The summed E-state index contributed by atoms with van der Waals surface area (Å²) in [5, 5.41) is 1.51. The zero-order valence-electron chi connectivity index (χ0n) is 9.96. The van der Waals surface area contributed by atoms with Gasteiger partial charge < -0.3 is 8.83 Å². The summed E-state index contributed by atoms with van der Waals surface area (Å²) < 4.78 is 11.2. The minimum atomic E-state index is 0.0336. The van der Waals surface area contributed by atoms with Crippen molar-refractivity contribution >= 4 is 21.9 Å². The van der Waals surface area contributed by atoms with Crippen LogP contribution in [0.4, 0.5) is 0 Å². The van der Waals surface area contributed by atoms with Gasteiger partial charge in [0.25, 0.3) is 0 Å². The highest BCUT2D eigenvalue weighted by Gasteiger charge is 2.13. The molecule has 3 aromatic rings. The van der Waals surface area contributed by atoms with Crippen molar-refractivity contribution < 1.29 is 8.83 Å². The molecule has 0 radical (unpaired) electrons. The Morgan fingerprint density at radius 1 is 1.12 bits per heavy atom. The third-order valence-electron chi connectivity index (χ3n) is 3.24. The number of rotatable bonds is 0. The zero-order valence-corrected chi connectivity index (χ0v) is 9.96. The summed E-state index contributed by atoms with van der Waals surface area (Å²) in [4.78, 5) is 12.1. The van der Waals surface area contributed by atoms with Crippen LogP contribution >= 0.6 is 0 Å². The lowest BCUT2D eigenvalue weighted by atomic mass is 10.1. The first-order chi connectivity index (χ1) is 8.09. The molecule has 2 heterocycles. The Morgan fingerprint density at radius 3 is 2.65 bits per heavy atom. The molecule has 86 valence electrons. The highest BCUT2D eigenvalue weighted by Crippen LogP contribution is 2.29. The molecule has 3 heteroatoms. The van der Waals surface area contributed by atoms with Crippen molar-refractivity contribution in [3.8, 4) is 0 Å². The van der Waals surface area contributed by atoms with Gasteiger partial charge in [-0.3, -0.25) is 4.79 Å². The first-order valence-corrected chi connectivity index (χ1v) is 5.50. The van der Waals surface area contributed by atoms with Gasteiger partial charge in [-0.05, 0) is 38.5 Å². The zero-order chi connectivity index (χ0) is 12.2. The van der Waals surface area contributed by atoms with Crippen molar-refractivity contribution in [3.05, 3.63) is 45.5 Å². The van der Waals surface area contributed by atoms with Crippen molar-refractivity contribution in [2.45, 2.75) is 20.8 Å². The van der Waals surface area contributed by atoms with E-state index in [1.54, 1.807) is 19.3 Å². The Kier molecular flexibility index (Phi) is 1.93. The minimum Gasteiger partial charge on any atom is -0.464 e. The van der Waals surface area contributed by atoms with E-state index < -0.39 is 0 Å². The second-order valence-electron chi connectivity index (χ2n) is 4.35. The van der Waals surface area contributed by atoms with Crippen LogP contribution in [0, 0.1) is 20.8 Å². The maximum atomic E-state index is 12.1. The van der Waals surface area contributed by atoms with Gasteiger partial charge >= 0.3 is 0 Å². The van der Waals surface area contributed by atoms with Gasteiger partial charge in [-0.1, -0.05) is 0 Å². The lowest BCUT2D eigenvalue weighted by Crippen LogP contribution is -2.07. The van der Waals surface area contributed by atoms with Crippen LogP contribution in [0.1, 0.15) is 16.9 Å². The summed E-state index contributed by atoms with van der Waals surface area (Å²) >= 11 is 0. The average molecular weight is 228 g/mol. The van der Waals surface area contributed by atoms with Crippen LogP contribution in [-0.4, -0.2) is 0 Å². The second kappa shape index (κ2) is 3.23. The molecule has 0 saturated carbocycles. The standard InChI is InChI=1S/C14H12O3/c1-7-6-16-11-5-4-10-13(15)8(2)9(3)17-14(10)12(7)11/h4-6H,1-3H3. The molecule has 0 saturated heterocycles. The fourth-order valence-corrected chi connectivity index (χ4v) is 2.12. The van der Waals surface area contributed by atoms with Gasteiger partial charge in [-0.15, -0.1) is 0 Å². The Hall–Kier alpha value is -2.03. The van der Waals surface area contributed by atoms with E-state index >= 15 is 0 Å². The van der Waals surface area contributed by atoms with Crippen LogP contribution in [0.3, 0.4) is 0 Å². The van der Waals surface area contributed by atoms with Gasteiger partial charge in [0, 0.05) is 5.56 Å². The molecule has 0 bridgehead atoms. The first-order valence-electron chi connectivity index (χ1n) is 5.50. The fraction of sp³-hybridized carbons (Fsp3) is 0.214. The largest absolute Gasteiger partial charge is 0.464 e. The highest BCUT2D eigenvalue weighted by atomic mass is 16.3. The van der Waals surface area contributed by atoms with E-state index in [9.17, 15) is 4.79 Å². The van der Waals surface area contributed by atoms with Gasteiger partial charge in [-0.2, -0.15) is 0 Å². The number of aryl methyl sites for hydroxylation is 2. The molecule has 0 aliphatic carbocycles. The van der Waals surface area contributed by atoms with E-state index in [2.05, 4.69) is 0 Å². The average Bonchev–Trinajstić information content (AvgIpc) is 2.68. The predicted molar refractivity (Wildman–Crippen MR) is 66.5 cm³/mol. The van der Waals surface area contributed by atoms with Crippen LogP contribution in [0.2, 0.25) is 0 Å². The van der Waals surface area contributed by atoms with E-state index in [4.69, 9.17) is 8.83 Å². The van der Waals surface area contributed by atoms with Gasteiger partial charge in [0.2, 0.25) is 0 Å². The van der Waals surface area contributed by atoms with E-state index in [0.29, 0.717) is 22.3 Å². The molecule has 3 nitrogen and oxygen atoms in total. The Balaban J connectivity index is 2.68. The molecule has 0 spiro atoms. The molecule has 17 heavy (non-hydrogen) atoms. The lowest BCUT2D eigenvalue weighted by molar-refractivity contribution is 0.561. The molecule has 0 atom stereocenters. The Labute approximate surface area is 97.7 Å². The van der Waals surface area contributed by atoms with Gasteiger partial charge in [0.05, 0.1) is 17.0 Å². The molecule has 2 aromatic heterocycles. The van der Waals surface area contributed by atoms with Crippen molar-refractivity contribution in [3.63, 3.8) is 0 Å². The van der Waals surface area contributed by atoms with Crippen LogP contribution < -0.4 is 5.43 Å². The molecule has 0 N–H and O–H groups in total. The van der Waals surface area contributed by atoms with E-state index in [-0.39, 0.29) is 5.43 Å². The fourth-order valence-electron chi connectivity index (χ4n) is 2.12. The van der Waals surface area contributed by atoms with Crippen LogP contribution in [0.25, 0.3) is 21.9 Å². The van der Waals surface area contributed by atoms with Gasteiger partial charge in [0.1, 0.15) is 16.9 Å². The molecular weight excluding hydrogens is 216 g/mol.